The Morgan fingerprint density at radius 1 is 1.31 bits per heavy atom. The van der Waals surface area contributed by atoms with Crippen LogP contribution in [0.4, 0.5) is 0 Å². The van der Waals surface area contributed by atoms with Crippen LogP contribution in [0.15, 0.2) is 29.2 Å². The van der Waals surface area contributed by atoms with Crippen molar-refractivity contribution in [3.05, 3.63) is 40.4 Å². The smallest absolute Gasteiger partial charge is 0.621 e. The van der Waals surface area contributed by atoms with Crippen molar-refractivity contribution in [3.8, 4) is 0 Å². The van der Waals surface area contributed by atoms with Crippen molar-refractivity contribution in [2.24, 2.45) is 0 Å². The SMILES string of the molecule is Cc1nccc2ccc(=O)[n-]c12.[Rb+]. The van der Waals surface area contributed by atoms with Gasteiger partial charge in [0.05, 0.1) is 5.56 Å². The van der Waals surface area contributed by atoms with Crippen molar-refractivity contribution < 1.29 is 58.2 Å². The topological polar surface area (TPSA) is 44.1 Å². The molecule has 4 heteroatoms. The predicted octanol–water partition coefficient (Wildman–Crippen LogP) is -2.14. The van der Waals surface area contributed by atoms with Gasteiger partial charge in [0.25, 0.3) is 0 Å². The van der Waals surface area contributed by atoms with E-state index < -0.39 is 0 Å². The Morgan fingerprint density at radius 2 is 2.08 bits per heavy atom. The Kier molecular flexibility index (Phi) is 3.97. The second-order valence-corrected chi connectivity index (χ2v) is 2.62. The van der Waals surface area contributed by atoms with Crippen LogP contribution < -0.4 is 68.7 Å². The van der Waals surface area contributed by atoms with Gasteiger partial charge in [-0.25, -0.2) is 0 Å². The second kappa shape index (κ2) is 4.60. The third kappa shape index (κ3) is 2.34. The maximum Gasteiger partial charge on any atom is 1.00 e. The first-order valence-corrected chi connectivity index (χ1v) is 3.67. The van der Waals surface area contributed by atoms with E-state index in [4.69, 9.17) is 0 Å². The first kappa shape index (κ1) is 11.2. The van der Waals surface area contributed by atoms with E-state index >= 15 is 0 Å². The third-order valence-corrected chi connectivity index (χ3v) is 1.77. The molecule has 0 amide bonds. The average molecular weight is 245 g/mol. The molecule has 3 nitrogen and oxygen atoms in total. The molecule has 0 atom stereocenters. The molecule has 0 spiro atoms. The van der Waals surface area contributed by atoms with Crippen molar-refractivity contribution in [2.45, 2.75) is 6.92 Å². The van der Waals surface area contributed by atoms with E-state index in [1.807, 2.05) is 13.0 Å². The van der Waals surface area contributed by atoms with E-state index in [0.717, 1.165) is 11.1 Å². The van der Waals surface area contributed by atoms with Crippen LogP contribution in [-0.2, 0) is 0 Å². The van der Waals surface area contributed by atoms with Crippen molar-refractivity contribution >= 4 is 10.9 Å². The monoisotopic (exact) mass is 244 g/mol. The molecule has 0 bridgehead atoms. The van der Waals surface area contributed by atoms with Gasteiger partial charge >= 0.3 is 58.2 Å². The molecule has 2 rings (SSSR count). The van der Waals surface area contributed by atoms with E-state index in [1.165, 1.54) is 6.07 Å². The molecule has 0 aliphatic rings. The number of fused-ring (bicyclic) bond motifs is 1. The van der Waals surface area contributed by atoms with Crippen molar-refractivity contribution in [2.75, 3.05) is 0 Å². The molecule has 0 saturated heterocycles. The number of hydrogen-bond acceptors (Lipinski definition) is 2. The van der Waals surface area contributed by atoms with Crippen molar-refractivity contribution in [1.29, 1.82) is 0 Å². The van der Waals surface area contributed by atoms with E-state index in [9.17, 15) is 4.79 Å². The number of aryl methyl sites for hydroxylation is 1. The Hall–Kier alpha value is 0.165. The quantitative estimate of drug-likeness (QED) is 0.532. The molecule has 0 N–H and O–H groups in total. The zero-order valence-corrected chi connectivity index (χ0v) is 12.5. The third-order valence-electron chi connectivity index (χ3n) is 1.77. The zero-order valence-electron chi connectivity index (χ0n) is 7.61. The Bertz CT molecular complexity index is 478. The summed E-state index contributed by atoms with van der Waals surface area (Å²) in [5.41, 5.74) is 1.29. The molecule has 0 aromatic carbocycles. The Labute approximate surface area is 124 Å². The van der Waals surface area contributed by atoms with Crippen molar-refractivity contribution in [1.82, 2.24) is 9.97 Å². The fourth-order valence-electron chi connectivity index (χ4n) is 1.17. The molecule has 0 saturated carbocycles. The van der Waals surface area contributed by atoms with Crippen LogP contribution in [-0.4, -0.2) is 4.98 Å². The summed E-state index contributed by atoms with van der Waals surface area (Å²) in [6, 6.07) is 5.07. The second-order valence-electron chi connectivity index (χ2n) is 2.62. The van der Waals surface area contributed by atoms with Crippen LogP contribution in [0.5, 0.6) is 0 Å². The van der Waals surface area contributed by atoms with Crippen LogP contribution in [0.25, 0.3) is 10.9 Å². The number of nitrogens with zero attached hydrogens (tertiary/aromatic N) is 2. The van der Waals surface area contributed by atoms with Gasteiger partial charge in [0.2, 0.25) is 0 Å². The first-order valence-electron chi connectivity index (χ1n) is 3.67. The van der Waals surface area contributed by atoms with Crippen molar-refractivity contribution in [3.63, 3.8) is 0 Å². The van der Waals surface area contributed by atoms with Gasteiger partial charge in [-0.1, -0.05) is 6.07 Å². The van der Waals surface area contributed by atoms with Gasteiger partial charge in [0, 0.05) is 11.9 Å². The minimum atomic E-state index is -0.210. The molecule has 2 heterocycles. The molecule has 0 aliphatic heterocycles. The van der Waals surface area contributed by atoms with E-state index in [1.54, 1.807) is 12.3 Å². The van der Waals surface area contributed by atoms with Crippen LogP contribution in [0.3, 0.4) is 0 Å². The van der Waals surface area contributed by atoms with Gasteiger partial charge in [-0.15, -0.1) is 5.52 Å². The van der Waals surface area contributed by atoms with Gasteiger partial charge in [-0.3, -0.25) is 4.98 Å². The van der Waals surface area contributed by atoms with Gasteiger partial charge in [0.15, 0.2) is 0 Å². The Morgan fingerprint density at radius 3 is 2.85 bits per heavy atom. The molecule has 60 valence electrons. The summed E-state index contributed by atoms with van der Waals surface area (Å²) >= 11 is 0. The minimum absolute atomic E-state index is 0. The largest absolute Gasteiger partial charge is 1.00 e. The molecule has 0 aliphatic carbocycles. The van der Waals surface area contributed by atoms with Gasteiger partial charge in [0.1, 0.15) is 0 Å². The summed E-state index contributed by atoms with van der Waals surface area (Å²) in [6.07, 6.45) is 1.71. The summed E-state index contributed by atoms with van der Waals surface area (Å²) in [7, 11) is 0. The summed E-state index contributed by atoms with van der Waals surface area (Å²) in [5.74, 6) is 0. The van der Waals surface area contributed by atoms with E-state index in [0.29, 0.717) is 5.52 Å². The van der Waals surface area contributed by atoms with Gasteiger partial charge in [-0.05, 0) is 24.4 Å². The Balaban J connectivity index is 0.000000845. The molecule has 0 radical (unpaired) electrons. The molecule has 13 heavy (non-hydrogen) atoms. The van der Waals surface area contributed by atoms with Crippen LogP contribution in [0, 0.1) is 6.92 Å². The fraction of sp³-hybridized carbons (Fsp3) is 0.111. The summed E-state index contributed by atoms with van der Waals surface area (Å²) < 4.78 is 0. The number of hydrogen-bond donors (Lipinski definition) is 0. The maximum atomic E-state index is 10.9. The summed E-state index contributed by atoms with van der Waals surface area (Å²) in [4.78, 5) is 18.8. The molecule has 0 fully saturated rings. The van der Waals surface area contributed by atoms with Crippen LogP contribution in [0.1, 0.15) is 5.69 Å². The van der Waals surface area contributed by atoms with Crippen LogP contribution in [0.2, 0.25) is 0 Å². The van der Waals surface area contributed by atoms with Crippen LogP contribution >= 0.6 is 0 Å². The minimum Gasteiger partial charge on any atom is -0.621 e. The van der Waals surface area contributed by atoms with E-state index in [2.05, 4.69) is 9.97 Å². The molecular weight excluding hydrogens is 238 g/mol. The first-order chi connectivity index (χ1) is 5.77. The average Bonchev–Trinajstić information content (AvgIpc) is 2.07. The summed E-state index contributed by atoms with van der Waals surface area (Å²) in [6.45, 7) is 1.84. The standard InChI is InChI=1S/C9H8N2O.Rb/c1-6-9-7(4-5-10-6)2-3-8(12)11-9;/h2-5H,1H3,(H,11,12);/q;+1/p-1. The molecule has 0 unspecified atom stereocenters. The van der Waals surface area contributed by atoms with E-state index in [-0.39, 0.29) is 63.7 Å². The van der Waals surface area contributed by atoms with Gasteiger partial charge < -0.3 is 9.78 Å². The molecule has 2 aromatic rings. The zero-order chi connectivity index (χ0) is 8.55. The summed E-state index contributed by atoms with van der Waals surface area (Å²) in [5, 5.41) is 0.960. The normalized spacial score (nSPS) is 9.62. The van der Waals surface area contributed by atoms with Gasteiger partial charge in [-0.2, -0.15) is 0 Å². The number of aromatic nitrogens is 2. The predicted molar refractivity (Wildman–Crippen MR) is 46.1 cm³/mol. The maximum absolute atomic E-state index is 10.9. The molecular formula is C9H7N2ORb. The number of rotatable bonds is 0. The fourth-order valence-corrected chi connectivity index (χ4v) is 1.17. The molecule has 2 aromatic heterocycles. The number of pyridine rings is 2.